The molecule has 2 atom stereocenters. The summed E-state index contributed by atoms with van der Waals surface area (Å²) in [4.78, 5) is 12.4. The number of carboxylic acids is 1. The van der Waals surface area contributed by atoms with Crippen molar-refractivity contribution in [3.8, 4) is 5.75 Å². The molecular weight excluding hydrogens is 468 g/mol. The minimum Gasteiger partial charge on any atom is -0.497 e. The van der Waals surface area contributed by atoms with Crippen molar-refractivity contribution in [3.05, 3.63) is 54.6 Å². The SMILES string of the molecule is CCS(=O)(=O)N(c1ccccc1)C1CCCCN(S(=O)(=O)c2ccc(OC)cc2)C1C(=O)O. The van der Waals surface area contributed by atoms with Crippen molar-refractivity contribution >= 4 is 31.7 Å². The van der Waals surface area contributed by atoms with E-state index in [1.807, 2.05) is 0 Å². The lowest BCUT2D eigenvalue weighted by Gasteiger charge is -2.38. The van der Waals surface area contributed by atoms with Crippen LogP contribution in [-0.2, 0) is 24.8 Å². The molecule has 1 aliphatic heterocycles. The highest BCUT2D eigenvalue weighted by atomic mass is 32.2. The fourth-order valence-corrected chi connectivity index (χ4v) is 7.07. The molecule has 180 valence electrons. The summed E-state index contributed by atoms with van der Waals surface area (Å²) in [5.74, 6) is -1.19. The van der Waals surface area contributed by atoms with Crippen molar-refractivity contribution in [2.45, 2.75) is 43.2 Å². The van der Waals surface area contributed by atoms with E-state index in [9.17, 15) is 26.7 Å². The number of ether oxygens (including phenoxy) is 1. The summed E-state index contributed by atoms with van der Waals surface area (Å²) in [6.45, 7) is 1.44. The number of para-hydroxylation sites is 1. The van der Waals surface area contributed by atoms with Crippen molar-refractivity contribution in [3.63, 3.8) is 0 Å². The van der Waals surface area contributed by atoms with E-state index in [2.05, 4.69) is 0 Å². The lowest BCUT2D eigenvalue weighted by Crippen LogP contribution is -2.58. The Labute approximate surface area is 194 Å². The maximum absolute atomic E-state index is 13.5. The van der Waals surface area contributed by atoms with E-state index in [-0.39, 0.29) is 23.6 Å². The third-order valence-corrected chi connectivity index (χ3v) is 9.40. The van der Waals surface area contributed by atoms with Crippen LogP contribution < -0.4 is 9.04 Å². The van der Waals surface area contributed by atoms with Gasteiger partial charge in [-0.05, 0) is 62.6 Å². The predicted molar refractivity (Wildman–Crippen MR) is 124 cm³/mol. The third-order valence-electron chi connectivity index (χ3n) is 5.70. The van der Waals surface area contributed by atoms with Crippen molar-refractivity contribution < 1.29 is 31.5 Å². The van der Waals surface area contributed by atoms with Crippen LogP contribution in [0.1, 0.15) is 26.2 Å². The number of carbonyl (C=O) groups is 1. The molecule has 0 aliphatic carbocycles. The first-order valence-corrected chi connectivity index (χ1v) is 13.6. The predicted octanol–water partition coefficient (Wildman–Crippen LogP) is 2.55. The third kappa shape index (κ3) is 5.15. The maximum atomic E-state index is 13.5. The van der Waals surface area contributed by atoms with E-state index in [0.29, 0.717) is 24.3 Å². The van der Waals surface area contributed by atoms with Crippen LogP contribution in [0, 0.1) is 0 Å². The van der Waals surface area contributed by atoms with Gasteiger partial charge in [0.05, 0.1) is 29.5 Å². The zero-order valence-electron chi connectivity index (χ0n) is 18.5. The van der Waals surface area contributed by atoms with Crippen LogP contribution in [0.5, 0.6) is 5.75 Å². The van der Waals surface area contributed by atoms with Crippen molar-refractivity contribution in [2.75, 3.05) is 23.7 Å². The van der Waals surface area contributed by atoms with Gasteiger partial charge in [0.2, 0.25) is 20.0 Å². The van der Waals surface area contributed by atoms with Crippen LogP contribution in [0.25, 0.3) is 0 Å². The highest BCUT2D eigenvalue weighted by molar-refractivity contribution is 7.92. The van der Waals surface area contributed by atoms with E-state index >= 15 is 0 Å². The van der Waals surface area contributed by atoms with Crippen LogP contribution in [0.2, 0.25) is 0 Å². The summed E-state index contributed by atoms with van der Waals surface area (Å²) in [6.07, 6.45) is 1.09. The van der Waals surface area contributed by atoms with Gasteiger partial charge >= 0.3 is 5.97 Å². The van der Waals surface area contributed by atoms with Gasteiger partial charge in [-0.2, -0.15) is 4.31 Å². The lowest BCUT2D eigenvalue weighted by atomic mass is 10.0. The number of anilines is 1. The highest BCUT2D eigenvalue weighted by Gasteiger charge is 2.47. The van der Waals surface area contributed by atoms with Crippen LogP contribution >= 0.6 is 0 Å². The van der Waals surface area contributed by atoms with Gasteiger partial charge in [0, 0.05) is 6.54 Å². The van der Waals surface area contributed by atoms with Gasteiger partial charge in [-0.15, -0.1) is 0 Å². The smallest absolute Gasteiger partial charge is 0.324 e. The van der Waals surface area contributed by atoms with Crippen molar-refractivity contribution in [2.24, 2.45) is 0 Å². The molecule has 2 unspecified atom stereocenters. The Morgan fingerprint density at radius 3 is 2.24 bits per heavy atom. The van der Waals surface area contributed by atoms with E-state index in [1.54, 1.807) is 30.3 Å². The summed E-state index contributed by atoms with van der Waals surface area (Å²) < 4.78 is 60.4. The van der Waals surface area contributed by atoms with Gasteiger partial charge in [-0.1, -0.05) is 18.2 Å². The first kappa shape index (κ1) is 25.0. The largest absolute Gasteiger partial charge is 0.497 e. The molecule has 11 heteroatoms. The highest BCUT2D eigenvalue weighted by Crippen LogP contribution is 2.33. The number of hydrogen-bond acceptors (Lipinski definition) is 6. The normalized spacial score (nSPS) is 20.1. The number of rotatable bonds is 8. The number of carboxylic acid groups (broad SMARTS) is 1. The summed E-state index contributed by atoms with van der Waals surface area (Å²) in [6, 6.07) is 11.2. The lowest BCUT2D eigenvalue weighted by molar-refractivity contribution is -0.142. The quantitative estimate of drug-likeness (QED) is 0.596. The molecule has 0 spiro atoms. The summed E-state index contributed by atoms with van der Waals surface area (Å²) in [5.41, 5.74) is 0.305. The summed E-state index contributed by atoms with van der Waals surface area (Å²) in [5, 5.41) is 10.2. The second-order valence-corrected chi connectivity index (χ2v) is 11.7. The Balaban J connectivity index is 2.14. The first-order chi connectivity index (χ1) is 15.6. The van der Waals surface area contributed by atoms with E-state index < -0.39 is 38.1 Å². The fourth-order valence-electron chi connectivity index (χ4n) is 4.07. The average molecular weight is 497 g/mol. The molecule has 3 rings (SSSR count). The van der Waals surface area contributed by atoms with Gasteiger partial charge in [-0.25, -0.2) is 16.8 Å². The van der Waals surface area contributed by atoms with Gasteiger partial charge in [0.25, 0.3) is 0 Å². The molecular formula is C22H28N2O7S2. The van der Waals surface area contributed by atoms with Gasteiger partial charge in [0.1, 0.15) is 11.8 Å². The zero-order valence-corrected chi connectivity index (χ0v) is 20.1. The van der Waals surface area contributed by atoms with Gasteiger partial charge in [0.15, 0.2) is 0 Å². The topological polar surface area (TPSA) is 121 Å². The second-order valence-electron chi connectivity index (χ2n) is 7.67. The van der Waals surface area contributed by atoms with Crippen LogP contribution in [0.3, 0.4) is 0 Å². The molecule has 1 aliphatic rings. The van der Waals surface area contributed by atoms with Crippen LogP contribution in [0.4, 0.5) is 5.69 Å². The Hall–Kier alpha value is -2.63. The molecule has 0 saturated carbocycles. The molecule has 2 aromatic rings. The number of sulfonamides is 2. The molecule has 1 heterocycles. The summed E-state index contributed by atoms with van der Waals surface area (Å²) in [7, 11) is -6.68. The second kappa shape index (κ2) is 10.1. The van der Waals surface area contributed by atoms with Crippen LogP contribution in [0.15, 0.2) is 59.5 Å². The average Bonchev–Trinajstić information content (AvgIpc) is 3.03. The van der Waals surface area contributed by atoms with Crippen molar-refractivity contribution in [1.82, 2.24) is 4.31 Å². The van der Waals surface area contributed by atoms with Crippen LogP contribution in [-0.4, -0.2) is 63.7 Å². The van der Waals surface area contributed by atoms with E-state index in [4.69, 9.17) is 4.74 Å². The standard InChI is InChI=1S/C22H28N2O7S2/c1-3-32(27,28)24(17-9-5-4-6-10-17)20-11-7-8-16-23(21(20)22(25)26)33(29,30)19-14-12-18(31-2)13-15-19/h4-6,9-10,12-15,20-21H,3,7-8,11,16H2,1-2H3,(H,25,26). The number of methoxy groups -OCH3 is 1. The van der Waals surface area contributed by atoms with Crippen molar-refractivity contribution in [1.29, 1.82) is 0 Å². The Bertz CT molecular complexity index is 1170. The molecule has 9 nitrogen and oxygen atoms in total. The van der Waals surface area contributed by atoms with E-state index in [0.717, 1.165) is 8.61 Å². The van der Waals surface area contributed by atoms with Gasteiger partial charge in [-0.3, -0.25) is 9.10 Å². The number of aliphatic carboxylic acids is 1. The van der Waals surface area contributed by atoms with Gasteiger partial charge < -0.3 is 9.84 Å². The Kier molecular flexibility index (Phi) is 7.65. The number of nitrogens with zero attached hydrogens (tertiary/aromatic N) is 2. The molecule has 1 fully saturated rings. The Morgan fingerprint density at radius 1 is 1.06 bits per heavy atom. The maximum Gasteiger partial charge on any atom is 0.324 e. The minimum atomic E-state index is -4.23. The summed E-state index contributed by atoms with van der Waals surface area (Å²) >= 11 is 0. The molecule has 1 saturated heterocycles. The number of hydrogen-bond donors (Lipinski definition) is 1. The molecule has 2 aromatic carbocycles. The first-order valence-electron chi connectivity index (χ1n) is 10.6. The van der Waals surface area contributed by atoms with E-state index in [1.165, 1.54) is 38.3 Å². The number of benzene rings is 2. The fraction of sp³-hybridized carbons (Fsp3) is 0.409. The Morgan fingerprint density at radius 2 is 1.70 bits per heavy atom. The monoisotopic (exact) mass is 496 g/mol. The minimum absolute atomic E-state index is 0.0311. The molecule has 0 radical (unpaired) electrons. The molecule has 0 amide bonds. The zero-order chi connectivity index (χ0) is 24.2. The molecule has 33 heavy (non-hydrogen) atoms. The molecule has 1 N–H and O–H groups in total. The molecule has 0 bridgehead atoms. The molecule has 0 aromatic heterocycles.